The quantitative estimate of drug-likeness (QED) is 0.459. The van der Waals surface area contributed by atoms with Crippen molar-refractivity contribution in [2.45, 2.75) is 6.10 Å². The van der Waals surface area contributed by atoms with E-state index < -0.39 is 10.8 Å². The lowest BCUT2D eigenvalue weighted by molar-refractivity contribution is -0.384. The molecule has 0 bridgehead atoms. The number of hydrogen-bond donors (Lipinski definition) is 1. The van der Waals surface area contributed by atoms with Gasteiger partial charge in [0.2, 0.25) is 0 Å². The number of nitrogens with zero attached hydrogens (tertiary/aromatic N) is 3. The highest BCUT2D eigenvalue weighted by Crippen LogP contribution is 2.33. The molecule has 1 atom stereocenters. The fourth-order valence-electron chi connectivity index (χ4n) is 3.70. The summed E-state index contributed by atoms with van der Waals surface area (Å²) in [4.78, 5) is 25.8. The van der Waals surface area contributed by atoms with Crippen molar-refractivity contribution in [3.05, 3.63) is 99.4 Å². The van der Waals surface area contributed by atoms with E-state index >= 15 is 0 Å². The number of rotatable bonds is 5. The minimum Gasteiger partial charge on any atom is -0.370 e. The molecule has 0 aromatic heterocycles. The Bertz CT molecular complexity index is 1240. The van der Waals surface area contributed by atoms with Crippen LogP contribution in [0, 0.1) is 27.3 Å². The number of anilines is 2. The van der Waals surface area contributed by atoms with Gasteiger partial charge in [0.25, 0.3) is 11.6 Å². The number of nitro groups is 1. The van der Waals surface area contributed by atoms with E-state index in [0.29, 0.717) is 36.6 Å². The number of amides is 1. The molecule has 0 aliphatic carbocycles. The number of ether oxygens (including phenoxy) is 1. The molecular weight excluding hydrogens is 427 g/mol. The molecule has 0 radical (unpaired) electrons. The molecule has 166 valence electrons. The average molecular weight is 446 g/mol. The van der Waals surface area contributed by atoms with Gasteiger partial charge in [-0.15, -0.1) is 0 Å². The Labute approximate surface area is 189 Å². The van der Waals surface area contributed by atoms with Crippen LogP contribution in [-0.4, -0.2) is 30.5 Å². The van der Waals surface area contributed by atoms with E-state index in [-0.39, 0.29) is 23.2 Å². The summed E-state index contributed by atoms with van der Waals surface area (Å²) in [7, 11) is 0. The molecule has 9 heteroatoms. The molecule has 1 N–H and O–H groups in total. The summed E-state index contributed by atoms with van der Waals surface area (Å²) >= 11 is 0. The number of benzene rings is 3. The Balaban J connectivity index is 1.56. The summed E-state index contributed by atoms with van der Waals surface area (Å²) in [6.45, 7) is 1.13. The molecule has 3 aromatic carbocycles. The average Bonchev–Trinajstić information content (AvgIpc) is 2.84. The van der Waals surface area contributed by atoms with Gasteiger partial charge < -0.3 is 15.0 Å². The molecule has 0 unspecified atom stereocenters. The van der Waals surface area contributed by atoms with Gasteiger partial charge in [-0.3, -0.25) is 14.9 Å². The maximum Gasteiger partial charge on any atom is 0.293 e. The van der Waals surface area contributed by atoms with E-state index in [1.807, 2.05) is 11.0 Å². The van der Waals surface area contributed by atoms with Gasteiger partial charge in [0.05, 0.1) is 23.2 Å². The highest BCUT2D eigenvalue weighted by Gasteiger charge is 2.28. The van der Waals surface area contributed by atoms with Gasteiger partial charge >= 0.3 is 0 Å². The number of halogens is 1. The Morgan fingerprint density at radius 3 is 2.70 bits per heavy atom. The number of nitro benzene ring substituents is 1. The predicted octanol–water partition coefficient (Wildman–Crippen LogP) is 4.44. The highest BCUT2D eigenvalue weighted by atomic mass is 19.1. The molecule has 1 aliphatic heterocycles. The molecule has 33 heavy (non-hydrogen) atoms. The van der Waals surface area contributed by atoms with Crippen LogP contribution < -0.4 is 10.2 Å². The van der Waals surface area contributed by atoms with Crippen LogP contribution in [0.3, 0.4) is 0 Å². The molecule has 8 nitrogen and oxygen atoms in total. The molecule has 1 heterocycles. The molecule has 3 aromatic rings. The lowest BCUT2D eigenvalue weighted by Crippen LogP contribution is -2.38. The number of morpholine rings is 1. The third kappa shape index (κ3) is 4.97. The number of nitrogens with one attached hydrogen (secondary N) is 1. The van der Waals surface area contributed by atoms with Crippen LogP contribution in [0.2, 0.25) is 0 Å². The van der Waals surface area contributed by atoms with Crippen molar-refractivity contribution in [2.24, 2.45) is 0 Å². The van der Waals surface area contributed by atoms with E-state index in [1.165, 1.54) is 30.3 Å². The van der Waals surface area contributed by atoms with Crippen molar-refractivity contribution in [3.8, 4) is 6.07 Å². The zero-order valence-electron chi connectivity index (χ0n) is 17.4. The predicted molar refractivity (Wildman–Crippen MR) is 120 cm³/mol. The van der Waals surface area contributed by atoms with Gasteiger partial charge in [-0.2, -0.15) is 5.26 Å². The fourth-order valence-corrected chi connectivity index (χ4v) is 3.70. The summed E-state index contributed by atoms with van der Waals surface area (Å²) in [6.07, 6.45) is -0.366. The van der Waals surface area contributed by atoms with Crippen LogP contribution in [0.25, 0.3) is 0 Å². The SMILES string of the molecule is N#Cc1cccc(NC(=O)c2ccc(N3CCO[C@H](c4ccc(F)cc4)C3)c([N+](=O)[O-])c2)c1. The monoisotopic (exact) mass is 446 g/mol. The van der Waals surface area contributed by atoms with E-state index in [4.69, 9.17) is 10.00 Å². The molecule has 1 fully saturated rings. The zero-order valence-corrected chi connectivity index (χ0v) is 17.4. The minimum atomic E-state index is -0.523. The third-order valence-electron chi connectivity index (χ3n) is 5.33. The van der Waals surface area contributed by atoms with Gasteiger partial charge in [0, 0.05) is 30.4 Å². The first-order valence-corrected chi connectivity index (χ1v) is 10.2. The molecule has 1 amide bonds. The van der Waals surface area contributed by atoms with Crippen molar-refractivity contribution in [2.75, 3.05) is 29.9 Å². The number of carbonyl (C=O) groups is 1. The van der Waals surface area contributed by atoms with Crippen molar-refractivity contribution in [3.63, 3.8) is 0 Å². The van der Waals surface area contributed by atoms with Gasteiger partial charge in [-0.25, -0.2) is 4.39 Å². The molecule has 1 saturated heterocycles. The summed E-state index contributed by atoms with van der Waals surface area (Å²) in [6, 6.07) is 18.6. The normalized spacial score (nSPS) is 15.5. The molecule has 0 saturated carbocycles. The van der Waals surface area contributed by atoms with Gasteiger partial charge in [-0.05, 0) is 48.0 Å². The Kier molecular flexibility index (Phi) is 6.29. The number of hydrogen-bond acceptors (Lipinski definition) is 6. The lowest BCUT2D eigenvalue weighted by Gasteiger charge is -2.34. The second-order valence-electron chi connectivity index (χ2n) is 7.46. The number of nitriles is 1. The fraction of sp³-hybridized carbons (Fsp3) is 0.167. The molecular formula is C24H19FN4O4. The second kappa shape index (κ2) is 9.46. The Morgan fingerprint density at radius 1 is 1.18 bits per heavy atom. The standard InChI is InChI=1S/C24H19FN4O4/c25-19-7-4-17(5-8-19)23-15-28(10-11-33-23)21-9-6-18(13-22(21)29(31)32)24(30)27-20-3-1-2-16(12-20)14-26/h1-9,12-13,23H,10-11,15H2,(H,27,30)/t23-/m0/s1. The largest absolute Gasteiger partial charge is 0.370 e. The van der Waals surface area contributed by atoms with Crippen molar-refractivity contribution < 1.29 is 18.8 Å². The van der Waals surface area contributed by atoms with Gasteiger partial charge in [0.15, 0.2) is 0 Å². The first-order valence-electron chi connectivity index (χ1n) is 10.2. The number of carbonyl (C=O) groups excluding carboxylic acids is 1. The van der Waals surface area contributed by atoms with Crippen LogP contribution >= 0.6 is 0 Å². The summed E-state index contributed by atoms with van der Waals surface area (Å²) in [5.41, 5.74) is 1.88. The van der Waals surface area contributed by atoms with E-state index in [2.05, 4.69) is 5.32 Å². The summed E-state index contributed by atoms with van der Waals surface area (Å²) < 4.78 is 19.0. The molecule has 4 rings (SSSR count). The first kappa shape index (κ1) is 21.9. The van der Waals surface area contributed by atoms with Crippen LogP contribution in [-0.2, 0) is 4.74 Å². The van der Waals surface area contributed by atoms with Gasteiger partial charge in [0.1, 0.15) is 17.6 Å². The topological polar surface area (TPSA) is 108 Å². The van der Waals surface area contributed by atoms with E-state index in [9.17, 15) is 19.3 Å². The molecule has 1 aliphatic rings. The minimum absolute atomic E-state index is 0.121. The van der Waals surface area contributed by atoms with Crippen LogP contribution in [0.15, 0.2) is 66.7 Å². The third-order valence-corrected chi connectivity index (χ3v) is 5.33. The van der Waals surface area contributed by atoms with E-state index in [0.717, 1.165) is 5.56 Å². The lowest BCUT2D eigenvalue weighted by atomic mass is 10.1. The highest BCUT2D eigenvalue weighted by molar-refractivity contribution is 6.05. The maximum atomic E-state index is 13.2. The zero-order chi connectivity index (χ0) is 23.4. The smallest absolute Gasteiger partial charge is 0.293 e. The summed E-state index contributed by atoms with van der Waals surface area (Å²) in [5, 5.41) is 23.5. The van der Waals surface area contributed by atoms with Gasteiger partial charge in [-0.1, -0.05) is 18.2 Å². The summed E-state index contributed by atoms with van der Waals surface area (Å²) in [5.74, 6) is -0.874. The maximum absolute atomic E-state index is 13.2. The van der Waals surface area contributed by atoms with Crippen molar-refractivity contribution in [1.29, 1.82) is 5.26 Å². The van der Waals surface area contributed by atoms with Crippen LogP contribution in [0.5, 0.6) is 0 Å². The van der Waals surface area contributed by atoms with Crippen LogP contribution in [0.1, 0.15) is 27.6 Å². The van der Waals surface area contributed by atoms with E-state index in [1.54, 1.807) is 36.4 Å². The Hall–Kier alpha value is -4.29. The molecule has 0 spiro atoms. The van der Waals surface area contributed by atoms with Crippen molar-refractivity contribution >= 4 is 23.0 Å². The van der Waals surface area contributed by atoms with Crippen LogP contribution in [0.4, 0.5) is 21.5 Å². The Morgan fingerprint density at radius 2 is 1.97 bits per heavy atom. The second-order valence-corrected chi connectivity index (χ2v) is 7.46. The van der Waals surface area contributed by atoms with Crippen molar-refractivity contribution in [1.82, 2.24) is 0 Å². The first-order chi connectivity index (χ1) is 15.9.